The molecule has 0 aliphatic rings. The lowest BCUT2D eigenvalue weighted by Crippen LogP contribution is -2.39. The van der Waals surface area contributed by atoms with Gasteiger partial charge in [0.25, 0.3) is 0 Å². The molecule has 0 aromatic heterocycles. The molecular formula is C12H13BrF3NO2. The quantitative estimate of drug-likeness (QED) is 0.886. The van der Waals surface area contributed by atoms with Gasteiger partial charge in [0.2, 0.25) is 0 Å². The van der Waals surface area contributed by atoms with Crippen molar-refractivity contribution in [2.45, 2.75) is 19.2 Å². The van der Waals surface area contributed by atoms with Crippen LogP contribution < -0.4 is 5.32 Å². The fourth-order valence-electron chi connectivity index (χ4n) is 1.48. The summed E-state index contributed by atoms with van der Waals surface area (Å²) in [6, 6.07) is 6.82. The lowest BCUT2D eigenvalue weighted by Gasteiger charge is -2.20. The summed E-state index contributed by atoms with van der Waals surface area (Å²) in [7, 11) is 0. The van der Waals surface area contributed by atoms with Crippen molar-refractivity contribution in [1.82, 2.24) is 5.32 Å². The Morgan fingerprint density at radius 1 is 1.47 bits per heavy atom. The molecule has 0 aliphatic heterocycles. The van der Waals surface area contributed by atoms with Gasteiger partial charge in [-0.2, -0.15) is 13.2 Å². The number of hydrogen-bond donors (Lipinski definition) is 2. The second-order valence-electron chi connectivity index (χ2n) is 4.18. The van der Waals surface area contributed by atoms with Crippen LogP contribution in [0.4, 0.5) is 13.2 Å². The Balaban J connectivity index is 2.59. The average molecular weight is 340 g/mol. The minimum absolute atomic E-state index is 0.258. The normalized spacial score (nSPS) is 14.8. The van der Waals surface area contributed by atoms with E-state index in [2.05, 4.69) is 15.9 Å². The van der Waals surface area contributed by atoms with Gasteiger partial charge in [-0.25, -0.2) is 0 Å². The van der Waals surface area contributed by atoms with Crippen molar-refractivity contribution in [3.63, 3.8) is 0 Å². The van der Waals surface area contributed by atoms with Crippen molar-refractivity contribution < 1.29 is 23.1 Å². The molecule has 1 rings (SSSR count). The maximum Gasteiger partial charge on any atom is 0.471 e. The number of aliphatic hydroxyl groups excluding tert-OH is 1. The minimum atomic E-state index is -4.90. The van der Waals surface area contributed by atoms with Gasteiger partial charge >= 0.3 is 12.1 Å². The van der Waals surface area contributed by atoms with Gasteiger partial charge in [0, 0.05) is 16.9 Å². The average Bonchev–Trinajstić information content (AvgIpc) is 2.33. The highest BCUT2D eigenvalue weighted by Gasteiger charge is 2.38. The summed E-state index contributed by atoms with van der Waals surface area (Å²) in [5, 5.41) is 11.7. The molecule has 0 saturated heterocycles. The highest BCUT2D eigenvalue weighted by Crippen LogP contribution is 2.24. The van der Waals surface area contributed by atoms with Crippen LogP contribution in [0.5, 0.6) is 0 Å². The zero-order chi connectivity index (χ0) is 14.6. The van der Waals surface area contributed by atoms with E-state index in [-0.39, 0.29) is 6.54 Å². The molecule has 2 N–H and O–H groups in total. The number of aliphatic hydroxyl groups is 1. The number of benzene rings is 1. The smallest absolute Gasteiger partial charge is 0.388 e. The first-order valence-corrected chi connectivity index (χ1v) is 6.29. The topological polar surface area (TPSA) is 49.3 Å². The molecule has 0 saturated carbocycles. The van der Waals surface area contributed by atoms with E-state index in [4.69, 9.17) is 0 Å². The van der Waals surface area contributed by atoms with Crippen LogP contribution in [0.25, 0.3) is 0 Å². The number of carbonyl (C=O) groups excluding carboxylic acids is 1. The van der Waals surface area contributed by atoms with E-state index < -0.39 is 24.1 Å². The zero-order valence-corrected chi connectivity index (χ0v) is 11.6. The van der Waals surface area contributed by atoms with E-state index in [9.17, 15) is 23.1 Å². The summed E-state index contributed by atoms with van der Waals surface area (Å²) in [4.78, 5) is 10.7. The molecule has 0 heterocycles. The Bertz CT molecular complexity index is 451. The predicted octanol–water partition coefficient (Wildman–Crippen LogP) is 2.80. The number of carbonyl (C=O) groups is 1. The maximum absolute atomic E-state index is 12.0. The van der Waals surface area contributed by atoms with Crippen molar-refractivity contribution in [1.29, 1.82) is 0 Å². The van der Waals surface area contributed by atoms with Crippen molar-refractivity contribution in [2.24, 2.45) is 5.92 Å². The summed E-state index contributed by atoms with van der Waals surface area (Å²) in [5.74, 6) is -2.54. The monoisotopic (exact) mass is 339 g/mol. The first-order chi connectivity index (χ1) is 8.71. The van der Waals surface area contributed by atoms with Gasteiger partial charge in [0.1, 0.15) is 0 Å². The Hall–Kier alpha value is -1.08. The summed E-state index contributed by atoms with van der Waals surface area (Å²) in [6.07, 6.45) is -5.86. The van der Waals surface area contributed by atoms with Gasteiger partial charge in [-0.15, -0.1) is 0 Å². The number of hydrogen-bond acceptors (Lipinski definition) is 2. The molecule has 2 unspecified atom stereocenters. The number of halogens is 4. The summed E-state index contributed by atoms with van der Waals surface area (Å²) >= 11 is 3.24. The van der Waals surface area contributed by atoms with Crippen LogP contribution in [0.3, 0.4) is 0 Å². The standard InChI is InChI=1S/C12H13BrF3NO2/c1-7(6-17-11(19)12(14,15)16)10(18)8-3-2-4-9(13)5-8/h2-5,7,10,18H,6H2,1H3,(H,17,19). The minimum Gasteiger partial charge on any atom is -0.388 e. The summed E-state index contributed by atoms with van der Waals surface area (Å²) < 4.78 is 36.7. The lowest BCUT2D eigenvalue weighted by molar-refractivity contribution is -0.173. The molecule has 7 heteroatoms. The second-order valence-corrected chi connectivity index (χ2v) is 5.10. The number of alkyl halides is 3. The molecule has 1 aromatic carbocycles. The molecule has 0 radical (unpaired) electrons. The Labute approximate surface area is 116 Å². The molecule has 3 nitrogen and oxygen atoms in total. The summed E-state index contributed by atoms with van der Waals surface area (Å²) in [5.41, 5.74) is 0.572. The molecule has 106 valence electrons. The molecule has 2 atom stereocenters. The van der Waals surface area contributed by atoms with Crippen LogP contribution >= 0.6 is 15.9 Å². The SMILES string of the molecule is CC(CNC(=O)C(F)(F)F)C(O)c1cccc(Br)c1. The van der Waals surface area contributed by atoms with Crippen molar-refractivity contribution >= 4 is 21.8 Å². The van der Waals surface area contributed by atoms with Crippen LogP contribution in [0.2, 0.25) is 0 Å². The summed E-state index contributed by atoms with van der Waals surface area (Å²) in [6.45, 7) is 1.30. The third-order valence-corrected chi connectivity index (χ3v) is 3.06. The van der Waals surface area contributed by atoms with E-state index >= 15 is 0 Å². The van der Waals surface area contributed by atoms with Gasteiger partial charge in [0.15, 0.2) is 0 Å². The van der Waals surface area contributed by atoms with Gasteiger partial charge in [-0.1, -0.05) is 35.0 Å². The van der Waals surface area contributed by atoms with E-state index in [0.717, 1.165) is 4.47 Å². The maximum atomic E-state index is 12.0. The third kappa shape index (κ3) is 4.83. The van der Waals surface area contributed by atoms with Crippen LogP contribution in [0, 0.1) is 5.92 Å². The molecule has 1 amide bonds. The van der Waals surface area contributed by atoms with E-state index in [1.54, 1.807) is 36.5 Å². The predicted molar refractivity (Wildman–Crippen MR) is 67.3 cm³/mol. The van der Waals surface area contributed by atoms with Crippen LogP contribution in [0.15, 0.2) is 28.7 Å². The van der Waals surface area contributed by atoms with Crippen LogP contribution in [-0.2, 0) is 4.79 Å². The molecule has 0 bridgehead atoms. The molecular weight excluding hydrogens is 327 g/mol. The fourth-order valence-corrected chi connectivity index (χ4v) is 1.90. The highest BCUT2D eigenvalue weighted by molar-refractivity contribution is 9.10. The van der Waals surface area contributed by atoms with Crippen molar-refractivity contribution in [3.05, 3.63) is 34.3 Å². The van der Waals surface area contributed by atoms with Gasteiger partial charge < -0.3 is 10.4 Å². The Morgan fingerprint density at radius 3 is 2.63 bits per heavy atom. The number of nitrogens with one attached hydrogen (secondary N) is 1. The van der Waals surface area contributed by atoms with E-state index in [1.165, 1.54) is 0 Å². The van der Waals surface area contributed by atoms with E-state index in [0.29, 0.717) is 5.56 Å². The van der Waals surface area contributed by atoms with Crippen LogP contribution in [-0.4, -0.2) is 23.7 Å². The van der Waals surface area contributed by atoms with Crippen molar-refractivity contribution in [2.75, 3.05) is 6.54 Å². The highest BCUT2D eigenvalue weighted by atomic mass is 79.9. The van der Waals surface area contributed by atoms with Gasteiger partial charge in [-0.3, -0.25) is 4.79 Å². The molecule has 0 fully saturated rings. The fraction of sp³-hybridized carbons (Fsp3) is 0.417. The van der Waals surface area contributed by atoms with Gasteiger partial charge in [0.05, 0.1) is 6.10 Å². The molecule has 0 spiro atoms. The van der Waals surface area contributed by atoms with E-state index in [1.807, 2.05) is 0 Å². The zero-order valence-electron chi connectivity index (χ0n) is 10.0. The number of amides is 1. The first kappa shape index (κ1) is 16.0. The van der Waals surface area contributed by atoms with Crippen LogP contribution in [0.1, 0.15) is 18.6 Å². The largest absolute Gasteiger partial charge is 0.471 e. The number of rotatable bonds is 4. The third-order valence-electron chi connectivity index (χ3n) is 2.57. The van der Waals surface area contributed by atoms with Crippen molar-refractivity contribution in [3.8, 4) is 0 Å². The van der Waals surface area contributed by atoms with Gasteiger partial charge in [-0.05, 0) is 17.7 Å². The molecule has 0 aliphatic carbocycles. The molecule has 1 aromatic rings. The Morgan fingerprint density at radius 2 is 2.11 bits per heavy atom. The Kier molecular flexibility index (Phi) is 5.37. The second kappa shape index (κ2) is 6.38. The molecule has 19 heavy (non-hydrogen) atoms. The lowest BCUT2D eigenvalue weighted by atomic mass is 9.97. The first-order valence-electron chi connectivity index (χ1n) is 5.50.